The van der Waals surface area contributed by atoms with Crippen LogP contribution in [0, 0.1) is 0 Å². The summed E-state index contributed by atoms with van der Waals surface area (Å²) in [6.07, 6.45) is 17.8. The molecule has 0 spiro atoms. The summed E-state index contributed by atoms with van der Waals surface area (Å²) in [5.41, 5.74) is 0. The highest BCUT2D eigenvalue weighted by Gasteiger charge is 1.94. The Morgan fingerprint density at radius 1 is 0.407 bits per heavy atom. The molecule has 3 atom stereocenters. The third-order valence-electron chi connectivity index (χ3n) is 4.43. The molecule has 0 fully saturated rings. The van der Waals surface area contributed by atoms with E-state index in [0.29, 0.717) is 0 Å². The lowest BCUT2D eigenvalue weighted by Crippen LogP contribution is -1.97. The van der Waals surface area contributed by atoms with Crippen LogP contribution in [0.25, 0.3) is 0 Å². The minimum Gasteiger partial charge on any atom is -0.393 e. The van der Waals surface area contributed by atoms with Gasteiger partial charge in [0.1, 0.15) is 0 Å². The van der Waals surface area contributed by atoms with Gasteiger partial charge in [-0.2, -0.15) is 0 Å². The molecule has 3 unspecified atom stereocenters. The van der Waals surface area contributed by atoms with Gasteiger partial charge in [0, 0.05) is 0 Å². The van der Waals surface area contributed by atoms with Crippen LogP contribution < -0.4 is 0 Å². The van der Waals surface area contributed by atoms with E-state index in [1.165, 1.54) is 77.0 Å². The van der Waals surface area contributed by atoms with Gasteiger partial charge in [-0.1, -0.05) is 97.8 Å². The van der Waals surface area contributed by atoms with Crippen LogP contribution in [0.3, 0.4) is 0 Å². The summed E-state index contributed by atoms with van der Waals surface area (Å²) in [5.74, 6) is 0. The topological polar surface area (TPSA) is 60.7 Å². The minimum absolute atomic E-state index is 0.0955. The van der Waals surface area contributed by atoms with Crippen molar-refractivity contribution in [3.05, 3.63) is 0 Å². The number of rotatable bonds is 15. The van der Waals surface area contributed by atoms with Gasteiger partial charge in [0.2, 0.25) is 0 Å². The second-order valence-electron chi connectivity index (χ2n) is 8.10. The lowest BCUT2D eigenvalue weighted by atomic mass is 10.1. The number of unbranched alkanes of at least 4 members (excludes halogenated alkanes) is 9. The Bertz CT molecular complexity index is 190. The van der Waals surface area contributed by atoms with E-state index >= 15 is 0 Å². The van der Waals surface area contributed by atoms with Gasteiger partial charge in [-0.3, -0.25) is 0 Å². The molecular weight excluding hydrogens is 336 g/mol. The lowest BCUT2D eigenvalue weighted by Gasteiger charge is -2.01. The molecule has 168 valence electrons. The van der Waals surface area contributed by atoms with Crippen molar-refractivity contribution in [3.8, 4) is 0 Å². The fourth-order valence-corrected chi connectivity index (χ4v) is 2.60. The zero-order valence-corrected chi connectivity index (χ0v) is 19.7. The maximum absolute atomic E-state index is 8.85. The molecule has 0 radical (unpaired) electrons. The van der Waals surface area contributed by atoms with E-state index in [1.54, 1.807) is 0 Å². The first-order valence-electron chi connectivity index (χ1n) is 11.9. The maximum atomic E-state index is 8.85. The summed E-state index contributed by atoms with van der Waals surface area (Å²) in [6, 6.07) is 0. The second kappa shape index (κ2) is 28.1. The van der Waals surface area contributed by atoms with Gasteiger partial charge in [-0.15, -0.1) is 0 Å². The molecule has 0 saturated heterocycles. The van der Waals surface area contributed by atoms with Crippen LogP contribution in [0.15, 0.2) is 0 Å². The van der Waals surface area contributed by atoms with E-state index in [2.05, 4.69) is 20.8 Å². The molecule has 0 saturated carbocycles. The van der Waals surface area contributed by atoms with Crippen LogP contribution in [0.4, 0.5) is 0 Å². The predicted octanol–water partition coefficient (Wildman–Crippen LogP) is 7.01. The number of aliphatic hydroxyl groups excluding tert-OH is 3. The Labute approximate surface area is 172 Å². The highest BCUT2D eigenvalue weighted by atomic mass is 16.3. The van der Waals surface area contributed by atoms with Gasteiger partial charge in [-0.25, -0.2) is 0 Å². The number of aliphatic hydroxyl groups is 3. The molecular formula is C24H54O3. The van der Waals surface area contributed by atoms with Crippen LogP contribution in [-0.2, 0) is 0 Å². The highest BCUT2D eigenvalue weighted by Crippen LogP contribution is 2.05. The molecule has 0 aromatic rings. The Morgan fingerprint density at radius 2 is 0.630 bits per heavy atom. The molecule has 0 bridgehead atoms. The molecule has 27 heavy (non-hydrogen) atoms. The summed E-state index contributed by atoms with van der Waals surface area (Å²) in [6.45, 7) is 12.1. The summed E-state index contributed by atoms with van der Waals surface area (Å²) < 4.78 is 0. The largest absolute Gasteiger partial charge is 0.393 e. The summed E-state index contributed by atoms with van der Waals surface area (Å²) in [4.78, 5) is 0. The maximum Gasteiger partial charge on any atom is 0.0512 e. The first-order chi connectivity index (χ1) is 12.8. The molecule has 0 rings (SSSR count). The van der Waals surface area contributed by atoms with E-state index < -0.39 is 0 Å². The zero-order chi connectivity index (χ0) is 21.3. The molecule has 3 heteroatoms. The Morgan fingerprint density at radius 3 is 0.778 bits per heavy atom. The van der Waals surface area contributed by atoms with Gasteiger partial charge in [0.05, 0.1) is 18.3 Å². The van der Waals surface area contributed by atoms with Crippen LogP contribution >= 0.6 is 0 Å². The molecule has 0 aliphatic heterocycles. The van der Waals surface area contributed by atoms with Crippen molar-refractivity contribution in [2.45, 2.75) is 156 Å². The van der Waals surface area contributed by atoms with Crippen molar-refractivity contribution in [1.82, 2.24) is 0 Å². The minimum atomic E-state index is -0.0955. The fraction of sp³-hybridized carbons (Fsp3) is 1.00. The Hall–Kier alpha value is -0.120. The molecule has 3 nitrogen and oxygen atoms in total. The third-order valence-corrected chi connectivity index (χ3v) is 4.43. The van der Waals surface area contributed by atoms with Crippen LogP contribution in [0.1, 0.15) is 138 Å². The van der Waals surface area contributed by atoms with Crippen LogP contribution in [0.2, 0.25) is 0 Å². The van der Waals surface area contributed by atoms with E-state index in [-0.39, 0.29) is 18.3 Å². The second-order valence-corrected chi connectivity index (χ2v) is 8.10. The first-order valence-corrected chi connectivity index (χ1v) is 11.9. The smallest absolute Gasteiger partial charge is 0.0512 e. The van der Waals surface area contributed by atoms with E-state index in [1.807, 2.05) is 20.8 Å². The van der Waals surface area contributed by atoms with Gasteiger partial charge >= 0.3 is 0 Å². The van der Waals surface area contributed by atoms with Crippen LogP contribution in [0.5, 0.6) is 0 Å². The average molecular weight is 391 g/mol. The lowest BCUT2D eigenvalue weighted by molar-refractivity contribution is 0.180. The van der Waals surface area contributed by atoms with Crippen molar-refractivity contribution >= 4 is 0 Å². The SMILES string of the molecule is CCCCCCC(C)O.CCCCCCC(C)O.CCCCCCC(C)O. The van der Waals surface area contributed by atoms with Crippen LogP contribution in [-0.4, -0.2) is 33.6 Å². The van der Waals surface area contributed by atoms with E-state index in [0.717, 1.165) is 19.3 Å². The average Bonchev–Trinajstić information content (AvgIpc) is 2.60. The van der Waals surface area contributed by atoms with Crippen molar-refractivity contribution in [2.75, 3.05) is 0 Å². The molecule has 0 amide bonds. The van der Waals surface area contributed by atoms with Crippen molar-refractivity contribution < 1.29 is 15.3 Å². The van der Waals surface area contributed by atoms with E-state index in [4.69, 9.17) is 15.3 Å². The normalized spacial score (nSPS) is 13.7. The zero-order valence-electron chi connectivity index (χ0n) is 19.7. The van der Waals surface area contributed by atoms with Gasteiger partial charge in [-0.05, 0) is 40.0 Å². The Balaban J connectivity index is -0.000000320. The monoisotopic (exact) mass is 390 g/mol. The quantitative estimate of drug-likeness (QED) is 0.263. The van der Waals surface area contributed by atoms with E-state index in [9.17, 15) is 0 Å². The highest BCUT2D eigenvalue weighted by molar-refractivity contribution is 4.48. The summed E-state index contributed by atoms with van der Waals surface area (Å²) in [5, 5.41) is 26.6. The summed E-state index contributed by atoms with van der Waals surface area (Å²) in [7, 11) is 0. The van der Waals surface area contributed by atoms with Gasteiger partial charge in [0.15, 0.2) is 0 Å². The van der Waals surface area contributed by atoms with Gasteiger partial charge < -0.3 is 15.3 Å². The Kier molecular flexibility index (Phi) is 32.8. The standard InChI is InChI=1S/3C8H18O/c3*1-3-4-5-6-7-8(2)9/h3*8-9H,3-7H2,1-2H3. The molecule has 0 aliphatic rings. The van der Waals surface area contributed by atoms with Crippen molar-refractivity contribution in [1.29, 1.82) is 0 Å². The molecule has 0 aromatic carbocycles. The first kappa shape index (κ1) is 31.6. The fourth-order valence-electron chi connectivity index (χ4n) is 2.60. The molecule has 0 heterocycles. The van der Waals surface area contributed by atoms with Crippen molar-refractivity contribution in [3.63, 3.8) is 0 Å². The third kappa shape index (κ3) is 46.2. The molecule has 0 aliphatic carbocycles. The predicted molar refractivity (Wildman–Crippen MR) is 121 cm³/mol. The van der Waals surface area contributed by atoms with Crippen molar-refractivity contribution in [2.24, 2.45) is 0 Å². The molecule has 3 N–H and O–H groups in total. The number of hydrogen-bond acceptors (Lipinski definition) is 3. The number of hydrogen-bond donors (Lipinski definition) is 3. The summed E-state index contributed by atoms with van der Waals surface area (Å²) >= 11 is 0. The van der Waals surface area contributed by atoms with Gasteiger partial charge in [0.25, 0.3) is 0 Å². The molecule has 0 aromatic heterocycles.